The number of ketones is 1. The molecule has 0 saturated heterocycles. The first-order chi connectivity index (χ1) is 15.1. The van der Waals surface area contributed by atoms with E-state index in [1.807, 2.05) is 66.7 Å². The minimum atomic E-state index is -0.159. The zero-order chi connectivity index (χ0) is 21.6. The number of aromatic nitrogens is 2. The highest BCUT2D eigenvalue weighted by molar-refractivity contribution is 6.30. The van der Waals surface area contributed by atoms with Crippen LogP contribution in [0.2, 0.25) is 5.02 Å². The van der Waals surface area contributed by atoms with E-state index >= 15 is 0 Å². The summed E-state index contributed by atoms with van der Waals surface area (Å²) < 4.78 is 6.86. The van der Waals surface area contributed by atoms with Gasteiger partial charge in [0.1, 0.15) is 11.4 Å². The van der Waals surface area contributed by atoms with Gasteiger partial charge in [-0.05, 0) is 48.5 Å². The molecule has 1 heterocycles. The van der Waals surface area contributed by atoms with Crippen molar-refractivity contribution in [2.75, 3.05) is 12.4 Å². The fourth-order valence-corrected chi connectivity index (χ4v) is 3.20. The average Bonchev–Trinajstić information content (AvgIpc) is 3.26. The van der Waals surface area contributed by atoms with Crippen LogP contribution in [0.4, 0.5) is 5.69 Å². The fraction of sp³-hybridized carbons (Fsp3) is 0.0400. The Morgan fingerprint density at radius 1 is 1.00 bits per heavy atom. The summed E-state index contributed by atoms with van der Waals surface area (Å²) in [5.41, 5.74) is 3.64. The van der Waals surface area contributed by atoms with Crippen LogP contribution in [-0.4, -0.2) is 22.7 Å². The van der Waals surface area contributed by atoms with Crippen LogP contribution in [0.25, 0.3) is 16.9 Å². The molecule has 0 fully saturated rings. The van der Waals surface area contributed by atoms with E-state index in [0.29, 0.717) is 16.3 Å². The number of hydrogen-bond donors (Lipinski definition) is 1. The number of carbonyl (C=O) groups excluding carboxylic acids is 1. The molecule has 0 aliphatic heterocycles. The molecule has 31 heavy (non-hydrogen) atoms. The zero-order valence-corrected chi connectivity index (χ0v) is 17.6. The van der Waals surface area contributed by atoms with Crippen molar-refractivity contribution in [1.29, 1.82) is 0 Å². The van der Waals surface area contributed by atoms with Crippen molar-refractivity contribution in [3.63, 3.8) is 0 Å². The predicted octanol–water partition coefficient (Wildman–Crippen LogP) is 6.01. The van der Waals surface area contributed by atoms with Crippen LogP contribution in [0.1, 0.15) is 10.4 Å². The van der Waals surface area contributed by atoms with Gasteiger partial charge in [-0.25, -0.2) is 4.68 Å². The Hall–Kier alpha value is -3.83. The fourth-order valence-electron chi connectivity index (χ4n) is 3.08. The third-order valence-electron chi connectivity index (χ3n) is 4.69. The monoisotopic (exact) mass is 429 g/mol. The topological polar surface area (TPSA) is 56.1 Å². The molecule has 1 aromatic heterocycles. The summed E-state index contributed by atoms with van der Waals surface area (Å²) in [7, 11) is 1.62. The Bertz CT molecular complexity index is 1200. The van der Waals surface area contributed by atoms with Gasteiger partial charge in [0, 0.05) is 34.7 Å². The molecule has 4 rings (SSSR count). The third-order valence-corrected chi connectivity index (χ3v) is 4.94. The number of rotatable bonds is 7. The lowest BCUT2D eigenvalue weighted by Gasteiger charge is -2.03. The second-order valence-corrected chi connectivity index (χ2v) is 7.19. The average molecular weight is 430 g/mol. The number of anilines is 1. The van der Waals surface area contributed by atoms with Gasteiger partial charge in [-0.15, -0.1) is 0 Å². The van der Waals surface area contributed by atoms with Gasteiger partial charge in [0.2, 0.25) is 0 Å². The molecular formula is C25H20ClN3O2. The number of nitrogens with one attached hydrogen (secondary N) is 1. The van der Waals surface area contributed by atoms with Gasteiger partial charge in [-0.3, -0.25) is 4.79 Å². The van der Waals surface area contributed by atoms with Gasteiger partial charge < -0.3 is 10.1 Å². The van der Waals surface area contributed by atoms with Crippen molar-refractivity contribution in [3.05, 3.63) is 108 Å². The largest absolute Gasteiger partial charge is 0.497 e. The molecule has 0 aliphatic rings. The summed E-state index contributed by atoms with van der Waals surface area (Å²) >= 11 is 6.03. The number of methoxy groups -OCH3 is 1. The van der Waals surface area contributed by atoms with Crippen LogP contribution in [0, 0.1) is 0 Å². The van der Waals surface area contributed by atoms with E-state index in [-0.39, 0.29) is 5.78 Å². The van der Waals surface area contributed by atoms with Crippen molar-refractivity contribution in [3.8, 4) is 22.7 Å². The first kappa shape index (κ1) is 20.4. The molecule has 0 spiro atoms. The highest BCUT2D eigenvalue weighted by Gasteiger charge is 2.17. The highest BCUT2D eigenvalue weighted by atomic mass is 35.5. The molecule has 1 N–H and O–H groups in total. The van der Waals surface area contributed by atoms with Crippen LogP contribution < -0.4 is 10.1 Å². The number of halogens is 1. The van der Waals surface area contributed by atoms with Gasteiger partial charge in [-0.2, -0.15) is 5.10 Å². The molecule has 0 atom stereocenters. The minimum absolute atomic E-state index is 0.159. The molecular weight excluding hydrogens is 410 g/mol. The van der Waals surface area contributed by atoms with E-state index in [4.69, 9.17) is 16.3 Å². The highest BCUT2D eigenvalue weighted by Crippen LogP contribution is 2.26. The summed E-state index contributed by atoms with van der Waals surface area (Å²) in [6.45, 7) is 0. The molecule has 0 saturated carbocycles. The molecule has 0 amide bonds. The van der Waals surface area contributed by atoms with Crippen LogP contribution in [0.5, 0.6) is 5.75 Å². The number of allylic oxidation sites excluding steroid dienone is 1. The Labute approximate surface area is 185 Å². The SMILES string of the molecule is COc1ccc(N/C=C\C(=O)c2cn(-c3ccccc3)nc2-c2ccc(Cl)cc2)cc1. The van der Waals surface area contributed by atoms with Gasteiger partial charge in [-0.1, -0.05) is 41.9 Å². The molecule has 0 aliphatic carbocycles. The lowest BCUT2D eigenvalue weighted by molar-refractivity contribution is 0.104. The standard InChI is InChI=1S/C25H20ClN3O2/c1-31-22-13-11-20(12-14-22)27-16-15-24(30)23-17-29(21-5-3-2-4-6-21)28-25(23)18-7-9-19(26)10-8-18/h2-17,27H,1H3/b16-15-. The number of carbonyl (C=O) groups is 1. The maximum Gasteiger partial charge on any atom is 0.191 e. The number of hydrogen-bond acceptors (Lipinski definition) is 4. The van der Waals surface area contributed by atoms with Crippen molar-refractivity contribution in [1.82, 2.24) is 9.78 Å². The number of para-hydroxylation sites is 1. The first-order valence-corrected chi connectivity index (χ1v) is 10.0. The summed E-state index contributed by atoms with van der Waals surface area (Å²) in [6, 6.07) is 24.4. The quantitative estimate of drug-likeness (QED) is 0.288. The van der Waals surface area contributed by atoms with Crippen molar-refractivity contribution < 1.29 is 9.53 Å². The lowest BCUT2D eigenvalue weighted by Crippen LogP contribution is -1.97. The van der Waals surface area contributed by atoms with E-state index in [0.717, 1.165) is 22.7 Å². The van der Waals surface area contributed by atoms with E-state index in [1.54, 1.807) is 36.3 Å². The van der Waals surface area contributed by atoms with Gasteiger partial charge in [0.05, 0.1) is 18.4 Å². The normalized spacial score (nSPS) is 10.9. The Morgan fingerprint density at radius 3 is 2.39 bits per heavy atom. The van der Waals surface area contributed by atoms with Crippen LogP contribution >= 0.6 is 11.6 Å². The predicted molar refractivity (Wildman–Crippen MR) is 124 cm³/mol. The maximum absolute atomic E-state index is 13.0. The minimum Gasteiger partial charge on any atom is -0.497 e. The molecule has 6 heteroatoms. The third kappa shape index (κ3) is 4.85. The number of benzene rings is 3. The summed E-state index contributed by atoms with van der Waals surface area (Å²) in [5, 5.41) is 8.40. The number of nitrogens with zero attached hydrogens (tertiary/aromatic N) is 2. The molecule has 0 bridgehead atoms. The molecule has 3 aromatic carbocycles. The molecule has 0 radical (unpaired) electrons. The van der Waals surface area contributed by atoms with E-state index in [1.165, 1.54) is 6.08 Å². The smallest absolute Gasteiger partial charge is 0.191 e. The van der Waals surface area contributed by atoms with Gasteiger partial charge in [0.15, 0.2) is 5.78 Å². The Kier molecular flexibility index (Phi) is 6.15. The van der Waals surface area contributed by atoms with Crippen molar-refractivity contribution in [2.24, 2.45) is 0 Å². The van der Waals surface area contributed by atoms with E-state index in [2.05, 4.69) is 10.4 Å². The van der Waals surface area contributed by atoms with Crippen LogP contribution in [0.15, 0.2) is 97.3 Å². The second-order valence-electron chi connectivity index (χ2n) is 6.75. The Morgan fingerprint density at radius 2 is 1.71 bits per heavy atom. The van der Waals surface area contributed by atoms with Crippen LogP contribution in [-0.2, 0) is 0 Å². The summed E-state index contributed by atoms with van der Waals surface area (Å²) in [6.07, 6.45) is 4.87. The van der Waals surface area contributed by atoms with Crippen LogP contribution in [0.3, 0.4) is 0 Å². The second kappa shape index (κ2) is 9.32. The van der Waals surface area contributed by atoms with Gasteiger partial charge >= 0.3 is 0 Å². The van der Waals surface area contributed by atoms with Gasteiger partial charge in [0.25, 0.3) is 0 Å². The maximum atomic E-state index is 13.0. The van der Waals surface area contributed by atoms with E-state index in [9.17, 15) is 4.79 Å². The molecule has 0 unspecified atom stereocenters. The zero-order valence-electron chi connectivity index (χ0n) is 16.8. The lowest BCUT2D eigenvalue weighted by atomic mass is 10.1. The summed E-state index contributed by atoms with van der Waals surface area (Å²) in [5.74, 6) is 0.611. The van der Waals surface area contributed by atoms with Crippen molar-refractivity contribution >= 4 is 23.1 Å². The molecule has 4 aromatic rings. The molecule has 5 nitrogen and oxygen atoms in total. The number of ether oxygens (including phenoxy) is 1. The van der Waals surface area contributed by atoms with E-state index < -0.39 is 0 Å². The first-order valence-electron chi connectivity index (χ1n) is 9.66. The molecule has 154 valence electrons. The Balaban J connectivity index is 1.62. The summed E-state index contributed by atoms with van der Waals surface area (Å²) in [4.78, 5) is 13.0. The van der Waals surface area contributed by atoms with Crippen molar-refractivity contribution in [2.45, 2.75) is 0 Å².